The van der Waals surface area contributed by atoms with Crippen LogP contribution in [0.1, 0.15) is 39.0 Å². The quantitative estimate of drug-likeness (QED) is 0.726. The fraction of sp³-hybridized carbons (Fsp3) is 0.824. The van der Waals surface area contributed by atoms with Crippen LogP contribution in [0.5, 0.6) is 0 Å². The molecule has 0 aromatic rings. The highest BCUT2D eigenvalue weighted by molar-refractivity contribution is 6.08. The van der Waals surface area contributed by atoms with Gasteiger partial charge >= 0.3 is 0 Å². The first-order chi connectivity index (χ1) is 11.5. The zero-order chi connectivity index (χ0) is 17.0. The molecule has 0 aromatic carbocycles. The number of carbonyl (C=O) groups excluding carboxylic acids is 3. The zero-order valence-electron chi connectivity index (χ0n) is 14.0. The highest BCUT2D eigenvalue weighted by Crippen LogP contribution is 2.48. The summed E-state index contributed by atoms with van der Waals surface area (Å²) < 4.78 is 5.72. The summed E-state index contributed by atoms with van der Waals surface area (Å²) in [4.78, 5) is 41.0. The van der Waals surface area contributed by atoms with Crippen LogP contribution in [0.25, 0.3) is 0 Å². The van der Waals surface area contributed by atoms with E-state index in [1.54, 1.807) is 4.90 Å². The van der Waals surface area contributed by atoms with E-state index in [4.69, 9.17) is 10.5 Å². The molecule has 4 aliphatic heterocycles. The molecule has 0 spiro atoms. The van der Waals surface area contributed by atoms with E-state index in [-0.39, 0.29) is 60.4 Å². The van der Waals surface area contributed by atoms with Crippen LogP contribution >= 0.6 is 0 Å². The van der Waals surface area contributed by atoms with Crippen LogP contribution in [0.15, 0.2) is 0 Å². The maximum absolute atomic E-state index is 12.8. The van der Waals surface area contributed by atoms with Crippen molar-refractivity contribution in [3.05, 3.63) is 0 Å². The number of carbonyl (C=O) groups is 3. The first-order valence-electron chi connectivity index (χ1n) is 9.04. The minimum atomic E-state index is -0.366. The van der Waals surface area contributed by atoms with Gasteiger partial charge in [-0.25, -0.2) is 0 Å². The second-order valence-corrected chi connectivity index (χ2v) is 7.61. The molecule has 4 fully saturated rings. The second-order valence-electron chi connectivity index (χ2n) is 7.61. The number of hydrogen-bond donors (Lipinski definition) is 1. The fourth-order valence-electron chi connectivity index (χ4n) is 4.97. The lowest BCUT2D eigenvalue weighted by Gasteiger charge is -2.38. The van der Waals surface area contributed by atoms with Crippen molar-refractivity contribution < 1.29 is 19.1 Å². The molecule has 0 saturated carbocycles. The van der Waals surface area contributed by atoms with Gasteiger partial charge in [-0.2, -0.15) is 0 Å². The highest BCUT2D eigenvalue weighted by atomic mass is 16.5. The Morgan fingerprint density at radius 2 is 1.79 bits per heavy atom. The Hall–Kier alpha value is -1.47. The van der Waals surface area contributed by atoms with E-state index in [2.05, 4.69) is 0 Å². The van der Waals surface area contributed by atoms with E-state index < -0.39 is 0 Å². The lowest BCUT2D eigenvalue weighted by molar-refractivity contribution is -0.150. The third-order valence-corrected chi connectivity index (χ3v) is 6.15. The summed E-state index contributed by atoms with van der Waals surface area (Å²) in [6.45, 7) is 2.41. The number of nitrogens with zero attached hydrogens (tertiary/aromatic N) is 2. The Morgan fingerprint density at radius 3 is 2.38 bits per heavy atom. The Bertz CT molecular complexity index is 550. The van der Waals surface area contributed by atoms with Crippen molar-refractivity contribution in [1.29, 1.82) is 0 Å². The van der Waals surface area contributed by atoms with E-state index in [1.165, 1.54) is 4.90 Å². The predicted molar refractivity (Wildman–Crippen MR) is 84.6 cm³/mol. The van der Waals surface area contributed by atoms with E-state index in [9.17, 15) is 14.4 Å². The van der Waals surface area contributed by atoms with Crippen LogP contribution in [-0.4, -0.2) is 64.9 Å². The van der Waals surface area contributed by atoms with Crippen molar-refractivity contribution in [3.63, 3.8) is 0 Å². The Morgan fingerprint density at radius 1 is 1.17 bits per heavy atom. The Labute approximate surface area is 141 Å². The van der Waals surface area contributed by atoms with E-state index in [1.807, 2.05) is 6.92 Å². The molecule has 0 aromatic heterocycles. The molecule has 132 valence electrons. The zero-order valence-corrected chi connectivity index (χ0v) is 14.0. The summed E-state index contributed by atoms with van der Waals surface area (Å²) in [6, 6.07) is -0.110. The van der Waals surface area contributed by atoms with Crippen molar-refractivity contribution in [2.75, 3.05) is 13.1 Å². The third kappa shape index (κ3) is 2.29. The van der Waals surface area contributed by atoms with Gasteiger partial charge in [0.15, 0.2) is 0 Å². The Kier molecular flexibility index (Phi) is 3.88. The number of piperidine rings is 1. The van der Waals surface area contributed by atoms with Gasteiger partial charge in [0.2, 0.25) is 17.7 Å². The smallest absolute Gasteiger partial charge is 0.243 e. The summed E-state index contributed by atoms with van der Waals surface area (Å²) >= 11 is 0. The van der Waals surface area contributed by atoms with Crippen molar-refractivity contribution in [2.24, 2.45) is 17.6 Å². The van der Waals surface area contributed by atoms with E-state index >= 15 is 0 Å². The van der Waals surface area contributed by atoms with E-state index in [0.29, 0.717) is 6.54 Å². The molecule has 6 unspecified atom stereocenters. The first-order valence-corrected chi connectivity index (χ1v) is 9.04. The monoisotopic (exact) mass is 335 g/mol. The molecule has 4 aliphatic rings. The molecule has 4 saturated heterocycles. The SMILES string of the molecule is CC(N)C1CCCCN1C(=O)CN1C(=O)C2C3CCC(O3)C2C1=O. The van der Waals surface area contributed by atoms with Crippen molar-refractivity contribution >= 4 is 17.7 Å². The lowest BCUT2D eigenvalue weighted by Crippen LogP contribution is -2.54. The van der Waals surface area contributed by atoms with Crippen LogP contribution in [-0.2, 0) is 19.1 Å². The van der Waals surface area contributed by atoms with Crippen molar-refractivity contribution in [1.82, 2.24) is 9.80 Å². The molecule has 4 rings (SSSR count). The van der Waals surface area contributed by atoms with Crippen molar-refractivity contribution in [2.45, 2.75) is 63.3 Å². The van der Waals surface area contributed by atoms with Gasteiger partial charge in [-0.15, -0.1) is 0 Å². The lowest BCUT2D eigenvalue weighted by atomic mass is 9.81. The maximum atomic E-state index is 12.8. The number of fused-ring (bicyclic) bond motifs is 5. The number of amides is 3. The van der Waals surface area contributed by atoms with Gasteiger partial charge in [0.25, 0.3) is 0 Å². The van der Waals surface area contributed by atoms with Crippen LogP contribution in [0, 0.1) is 11.8 Å². The fourth-order valence-corrected chi connectivity index (χ4v) is 4.97. The molecule has 6 atom stereocenters. The molecule has 0 aliphatic carbocycles. The van der Waals surface area contributed by atoms with Crippen molar-refractivity contribution in [3.8, 4) is 0 Å². The molecule has 7 nitrogen and oxygen atoms in total. The van der Waals surface area contributed by atoms with Gasteiger partial charge in [-0.3, -0.25) is 19.3 Å². The van der Waals surface area contributed by atoms with E-state index in [0.717, 1.165) is 32.1 Å². The minimum absolute atomic E-state index is 0.00179. The molecule has 0 radical (unpaired) electrons. The van der Waals surface area contributed by atoms with Crippen LogP contribution in [0.3, 0.4) is 0 Å². The topological polar surface area (TPSA) is 92.9 Å². The number of ether oxygens (including phenoxy) is 1. The molecule has 2 bridgehead atoms. The minimum Gasteiger partial charge on any atom is -0.373 e. The number of nitrogens with two attached hydrogens (primary N) is 1. The number of hydrogen-bond acceptors (Lipinski definition) is 5. The largest absolute Gasteiger partial charge is 0.373 e. The molecule has 4 heterocycles. The predicted octanol–water partition coefficient (Wildman–Crippen LogP) is -0.123. The standard InChI is InChI=1S/C17H25N3O4/c1-9(18)10-4-2-3-7-19(10)13(21)8-20-16(22)14-11-5-6-12(24-11)15(14)17(20)23/h9-12,14-15H,2-8,18H2,1H3. The number of likely N-dealkylation sites (tertiary alicyclic amines) is 2. The molecule has 2 N–H and O–H groups in total. The molecule has 7 heteroatoms. The summed E-state index contributed by atoms with van der Waals surface area (Å²) in [5, 5.41) is 0. The summed E-state index contributed by atoms with van der Waals surface area (Å²) in [7, 11) is 0. The van der Waals surface area contributed by atoms with Gasteiger partial charge in [0.1, 0.15) is 6.54 Å². The van der Waals surface area contributed by atoms with Gasteiger partial charge in [0.05, 0.1) is 24.0 Å². The summed E-state index contributed by atoms with van der Waals surface area (Å²) in [5.41, 5.74) is 6.02. The molecular weight excluding hydrogens is 310 g/mol. The normalized spacial score (nSPS) is 39.5. The van der Waals surface area contributed by atoms with Crippen LogP contribution in [0.2, 0.25) is 0 Å². The Balaban J connectivity index is 1.48. The third-order valence-electron chi connectivity index (χ3n) is 6.15. The molecule has 24 heavy (non-hydrogen) atoms. The second kappa shape index (κ2) is 5.81. The molecular formula is C17H25N3O4. The van der Waals surface area contributed by atoms with Gasteiger partial charge in [-0.05, 0) is 39.0 Å². The summed E-state index contributed by atoms with van der Waals surface area (Å²) in [6.07, 6.45) is 4.29. The van der Waals surface area contributed by atoms with Gasteiger partial charge in [-0.1, -0.05) is 0 Å². The van der Waals surface area contributed by atoms with Gasteiger partial charge < -0.3 is 15.4 Å². The number of rotatable bonds is 3. The summed E-state index contributed by atoms with van der Waals surface area (Å²) in [5.74, 6) is -1.34. The van der Waals surface area contributed by atoms with Gasteiger partial charge in [0, 0.05) is 18.6 Å². The average molecular weight is 335 g/mol. The average Bonchev–Trinajstić information content (AvgIpc) is 3.24. The number of imide groups is 1. The first kappa shape index (κ1) is 16.0. The van der Waals surface area contributed by atoms with Crippen LogP contribution in [0.4, 0.5) is 0 Å². The maximum Gasteiger partial charge on any atom is 0.243 e. The molecule has 3 amide bonds. The van der Waals surface area contributed by atoms with Crippen LogP contribution < -0.4 is 5.73 Å². The highest BCUT2D eigenvalue weighted by Gasteiger charge is 2.62.